The number of benzene rings is 2. The first-order valence-electron chi connectivity index (χ1n) is 8.77. The molecule has 3 N–H and O–H groups in total. The molecule has 0 aliphatic heterocycles. The van der Waals surface area contributed by atoms with E-state index in [4.69, 9.17) is 5.11 Å². The molecular weight excluding hydrogens is 347 g/mol. The van der Waals surface area contributed by atoms with Crippen molar-refractivity contribution in [3.05, 3.63) is 88.8 Å². The summed E-state index contributed by atoms with van der Waals surface area (Å²) in [6.45, 7) is 0. The first-order valence-corrected chi connectivity index (χ1v) is 8.77. The molecule has 0 radical (unpaired) electrons. The summed E-state index contributed by atoms with van der Waals surface area (Å²) in [6.07, 6.45) is 1.55. The van der Waals surface area contributed by atoms with E-state index in [-0.39, 0.29) is 12.2 Å². The molecule has 0 saturated heterocycles. The topological polar surface area (TPSA) is 77.8 Å². The summed E-state index contributed by atoms with van der Waals surface area (Å²) in [7, 11) is 0. The van der Waals surface area contributed by atoms with Crippen molar-refractivity contribution in [2.75, 3.05) is 0 Å². The number of hydrogen-bond donors (Lipinski definition) is 3. The third-order valence-corrected chi connectivity index (χ3v) is 4.56. The standard InChI is InChI=1S/C22H21FO4/c23-17-8-5-14(6-9-17)22-16(11-15-3-1-2-4-20(15)22)7-10-18(24)12-19(25)13-21(26)27/h1-10,18-19,24-25H,11-13H2,(H,26,27)/b10-7+/t18-,19-/m0/s1. The molecule has 4 nitrogen and oxygen atoms in total. The van der Waals surface area contributed by atoms with Gasteiger partial charge in [-0.1, -0.05) is 48.6 Å². The maximum atomic E-state index is 13.3. The van der Waals surface area contributed by atoms with Crippen LogP contribution in [0.5, 0.6) is 0 Å². The molecule has 5 heteroatoms. The molecule has 0 heterocycles. The minimum Gasteiger partial charge on any atom is -0.481 e. The van der Waals surface area contributed by atoms with E-state index >= 15 is 0 Å². The first-order chi connectivity index (χ1) is 12.9. The number of rotatable bonds is 7. The molecule has 27 heavy (non-hydrogen) atoms. The van der Waals surface area contributed by atoms with Gasteiger partial charge < -0.3 is 15.3 Å². The van der Waals surface area contributed by atoms with Gasteiger partial charge in [0.15, 0.2) is 0 Å². The van der Waals surface area contributed by atoms with Gasteiger partial charge >= 0.3 is 5.97 Å². The van der Waals surface area contributed by atoms with Gasteiger partial charge in [-0.3, -0.25) is 4.79 Å². The Morgan fingerprint density at radius 1 is 1.11 bits per heavy atom. The number of halogens is 1. The SMILES string of the molecule is O=C(O)C[C@@H](O)C[C@@H](O)/C=C/C1=C(c2ccc(F)cc2)c2ccccc2C1. The van der Waals surface area contributed by atoms with Crippen molar-refractivity contribution in [3.8, 4) is 0 Å². The second kappa shape index (κ2) is 8.29. The van der Waals surface area contributed by atoms with Gasteiger partial charge in [-0.05, 0) is 46.4 Å². The molecule has 1 aliphatic carbocycles. The molecule has 2 atom stereocenters. The van der Waals surface area contributed by atoms with E-state index in [0.717, 1.165) is 27.8 Å². The van der Waals surface area contributed by atoms with Gasteiger partial charge in [-0.15, -0.1) is 0 Å². The zero-order valence-electron chi connectivity index (χ0n) is 14.7. The summed E-state index contributed by atoms with van der Waals surface area (Å²) >= 11 is 0. The van der Waals surface area contributed by atoms with Crippen molar-refractivity contribution in [3.63, 3.8) is 0 Å². The van der Waals surface area contributed by atoms with Crippen LogP contribution in [0.4, 0.5) is 4.39 Å². The van der Waals surface area contributed by atoms with Crippen molar-refractivity contribution in [2.45, 2.75) is 31.5 Å². The quantitative estimate of drug-likeness (QED) is 0.701. The minimum absolute atomic E-state index is 0.0467. The number of carbonyl (C=O) groups is 1. The zero-order chi connectivity index (χ0) is 19.4. The molecule has 1 aliphatic rings. The molecule has 2 aromatic rings. The Labute approximate surface area is 156 Å². The lowest BCUT2D eigenvalue weighted by atomic mass is 9.97. The number of allylic oxidation sites excluding steroid dienone is 2. The van der Waals surface area contributed by atoms with E-state index < -0.39 is 24.6 Å². The largest absolute Gasteiger partial charge is 0.481 e. The van der Waals surface area contributed by atoms with Crippen molar-refractivity contribution >= 4 is 11.5 Å². The highest BCUT2D eigenvalue weighted by atomic mass is 19.1. The zero-order valence-corrected chi connectivity index (χ0v) is 14.7. The van der Waals surface area contributed by atoms with E-state index in [9.17, 15) is 19.4 Å². The second-order valence-corrected chi connectivity index (χ2v) is 6.65. The Morgan fingerprint density at radius 3 is 2.52 bits per heavy atom. The van der Waals surface area contributed by atoms with Crippen LogP contribution in [-0.4, -0.2) is 33.5 Å². The number of carboxylic acid groups (broad SMARTS) is 1. The Hall–Kier alpha value is -2.76. The van der Waals surface area contributed by atoms with Crippen LogP contribution >= 0.6 is 0 Å². The summed E-state index contributed by atoms with van der Waals surface area (Å²) in [4.78, 5) is 10.6. The van der Waals surface area contributed by atoms with Gasteiger partial charge in [0.2, 0.25) is 0 Å². The lowest BCUT2D eigenvalue weighted by Gasteiger charge is -2.11. The first kappa shape index (κ1) is 19.0. The predicted molar refractivity (Wildman–Crippen MR) is 101 cm³/mol. The number of aliphatic carboxylic acids is 1. The average Bonchev–Trinajstić information content (AvgIpc) is 2.98. The third-order valence-electron chi connectivity index (χ3n) is 4.56. The highest BCUT2D eigenvalue weighted by Crippen LogP contribution is 2.38. The molecule has 2 aromatic carbocycles. The Bertz CT molecular complexity index is 883. The van der Waals surface area contributed by atoms with Crippen molar-refractivity contribution < 1.29 is 24.5 Å². The van der Waals surface area contributed by atoms with Crippen LogP contribution in [0.25, 0.3) is 5.57 Å². The summed E-state index contributed by atoms with van der Waals surface area (Å²) in [6, 6.07) is 14.3. The monoisotopic (exact) mass is 368 g/mol. The molecular formula is C22H21FO4. The number of fused-ring (bicyclic) bond motifs is 1. The smallest absolute Gasteiger partial charge is 0.305 e. The summed E-state index contributed by atoms with van der Waals surface area (Å²) in [5.74, 6) is -1.41. The van der Waals surface area contributed by atoms with E-state index in [1.807, 2.05) is 24.3 Å². The van der Waals surface area contributed by atoms with E-state index in [0.29, 0.717) is 6.42 Å². The van der Waals surface area contributed by atoms with Crippen molar-refractivity contribution in [1.82, 2.24) is 0 Å². The predicted octanol–water partition coefficient (Wildman–Crippen LogP) is 3.33. The maximum absolute atomic E-state index is 13.3. The van der Waals surface area contributed by atoms with Crippen LogP contribution in [0, 0.1) is 5.82 Å². The van der Waals surface area contributed by atoms with Crippen LogP contribution in [-0.2, 0) is 11.2 Å². The van der Waals surface area contributed by atoms with Crippen LogP contribution in [0.3, 0.4) is 0 Å². The van der Waals surface area contributed by atoms with Gasteiger partial charge in [-0.2, -0.15) is 0 Å². The van der Waals surface area contributed by atoms with Crippen LogP contribution in [0.1, 0.15) is 29.5 Å². The van der Waals surface area contributed by atoms with E-state index in [2.05, 4.69) is 0 Å². The summed E-state index contributed by atoms with van der Waals surface area (Å²) in [5, 5.41) is 28.4. The number of hydrogen-bond acceptors (Lipinski definition) is 3. The van der Waals surface area contributed by atoms with Crippen molar-refractivity contribution in [2.24, 2.45) is 0 Å². The van der Waals surface area contributed by atoms with Crippen LogP contribution < -0.4 is 0 Å². The maximum Gasteiger partial charge on any atom is 0.305 e. The molecule has 0 saturated carbocycles. The lowest BCUT2D eigenvalue weighted by Crippen LogP contribution is -2.19. The van der Waals surface area contributed by atoms with E-state index in [1.165, 1.54) is 12.1 Å². The van der Waals surface area contributed by atoms with Crippen LogP contribution in [0.15, 0.2) is 66.3 Å². The minimum atomic E-state index is -1.11. The molecule has 140 valence electrons. The molecule has 0 fully saturated rings. The summed E-state index contributed by atoms with van der Waals surface area (Å²) in [5.41, 5.74) is 5.08. The Kier molecular flexibility index (Phi) is 5.84. The number of aliphatic hydroxyl groups is 2. The van der Waals surface area contributed by atoms with Gasteiger partial charge in [0.25, 0.3) is 0 Å². The lowest BCUT2D eigenvalue weighted by molar-refractivity contribution is -0.139. The van der Waals surface area contributed by atoms with Gasteiger partial charge in [0.05, 0.1) is 18.6 Å². The normalized spacial score (nSPS) is 15.8. The molecule has 0 amide bonds. The highest BCUT2D eigenvalue weighted by molar-refractivity contribution is 5.88. The Balaban J connectivity index is 1.86. The highest BCUT2D eigenvalue weighted by Gasteiger charge is 2.21. The second-order valence-electron chi connectivity index (χ2n) is 6.65. The third kappa shape index (κ3) is 4.70. The molecule has 0 aromatic heterocycles. The molecule has 3 rings (SSSR count). The van der Waals surface area contributed by atoms with E-state index in [1.54, 1.807) is 24.3 Å². The molecule has 0 bridgehead atoms. The molecule has 0 unspecified atom stereocenters. The van der Waals surface area contributed by atoms with Gasteiger partial charge in [0.1, 0.15) is 5.82 Å². The molecule has 0 spiro atoms. The number of aliphatic hydroxyl groups excluding tert-OH is 2. The number of carboxylic acids is 1. The van der Waals surface area contributed by atoms with Gasteiger partial charge in [0, 0.05) is 6.42 Å². The van der Waals surface area contributed by atoms with Gasteiger partial charge in [-0.25, -0.2) is 4.39 Å². The Morgan fingerprint density at radius 2 is 1.81 bits per heavy atom. The fourth-order valence-corrected chi connectivity index (χ4v) is 3.35. The summed E-state index contributed by atoms with van der Waals surface area (Å²) < 4.78 is 13.3. The average molecular weight is 368 g/mol. The fourth-order valence-electron chi connectivity index (χ4n) is 3.35. The van der Waals surface area contributed by atoms with Crippen molar-refractivity contribution in [1.29, 1.82) is 0 Å². The van der Waals surface area contributed by atoms with Crippen LogP contribution in [0.2, 0.25) is 0 Å². The fraction of sp³-hybridized carbons (Fsp3) is 0.227.